The van der Waals surface area contributed by atoms with Crippen LogP contribution in [0.2, 0.25) is 5.15 Å². The van der Waals surface area contributed by atoms with Crippen LogP contribution in [0.25, 0.3) is 17.0 Å². The van der Waals surface area contributed by atoms with Crippen LogP contribution in [0.5, 0.6) is 0 Å². The third-order valence-corrected chi connectivity index (χ3v) is 4.42. The van der Waals surface area contributed by atoms with Crippen molar-refractivity contribution in [1.29, 1.82) is 0 Å². The Labute approximate surface area is 130 Å². The summed E-state index contributed by atoms with van der Waals surface area (Å²) in [6.07, 6.45) is 2.25. The Morgan fingerprint density at radius 2 is 2.00 bits per heavy atom. The first-order valence-electron chi connectivity index (χ1n) is 6.98. The van der Waals surface area contributed by atoms with E-state index in [0.717, 1.165) is 6.42 Å². The van der Waals surface area contributed by atoms with Gasteiger partial charge >= 0.3 is 0 Å². The lowest BCUT2D eigenvalue weighted by Gasteiger charge is -2.37. The smallest absolute Gasteiger partial charge is 0.188 e. The molecule has 0 radical (unpaired) electrons. The summed E-state index contributed by atoms with van der Waals surface area (Å²) >= 11 is 6.22. The van der Waals surface area contributed by atoms with E-state index in [1.165, 1.54) is 10.6 Å². The molecule has 2 heterocycles. The number of aliphatic hydroxyl groups is 1. The molecule has 1 N–H and O–H groups in total. The summed E-state index contributed by atoms with van der Waals surface area (Å²) < 4.78 is 15.3. The fourth-order valence-electron chi connectivity index (χ4n) is 2.73. The fraction of sp³-hybridized carbons (Fsp3) is 0.267. The number of aromatic nitrogens is 4. The third-order valence-electron chi connectivity index (χ3n) is 4.15. The van der Waals surface area contributed by atoms with Gasteiger partial charge in [0.2, 0.25) is 0 Å². The number of fused-ring (bicyclic) bond motifs is 1. The highest BCUT2D eigenvalue weighted by Gasteiger charge is 2.39. The molecule has 0 bridgehead atoms. The highest BCUT2D eigenvalue weighted by molar-refractivity contribution is 6.30. The van der Waals surface area contributed by atoms with Gasteiger partial charge in [-0.3, -0.25) is 0 Å². The maximum atomic E-state index is 13.9. The average Bonchev–Trinajstić information content (AvgIpc) is 2.87. The van der Waals surface area contributed by atoms with Gasteiger partial charge in [-0.15, -0.1) is 10.2 Å². The number of halogens is 2. The Morgan fingerprint density at radius 3 is 2.68 bits per heavy atom. The summed E-state index contributed by atoms with van der Waals surface area (Å²) in [5, 5.41) is 22.9. The van der Waals surface area contributed by atoms with Gasteiger partial charge in [-0.05, 0) is 37.5 Å². The van der Waals surface area contributed by atoms with E-state index in [9.17, 15) is 9.50 Å². The lowest BCUT2D eigenvalue weighted by molar-refractivity contribution is -0.0390. The van der Waals surface area contributed by atoms with E-state index >= 15 is 0 Å². The Balaban J connectivity index is 1.90. The molecule has 112 valence electrons. The minimum Gasteiger partial charge on any atom is -0.385 e. The van der Waals surface area contributed by atoms with Gasteiger partial charge < -0.3 is 5.11 Å². The Kier molecular flexibility index (Phi) is 2.92. The van der Waals surface area contributed by atoms with Crippen molar-refractivity contribution in [3.63, 3.8) is 0 Å². The zero-order chi connectivity index (χ0) is 15.3. The van der Waals surface area contributed by atoms with Crippen molar-refractivity contribution < 1.29 is 9.50 Å². The van der Waals surface area contributed by atoms with E-state index in [1.54, 1.807) is 24.3 Å². The standard InChI is InChI=1S/C15H12ClFN4O/c16-13-10(15(22)6-3-7-15)8-12-18-19-14(21(12)20-13)9-4-1-2-5-11(9)17/h1-2,4-5,8,22H,3,6-7H2. The molecule has 4 rings (SSSR count). The summed E-state index contributed by atoms with van der Waals surface area (Å²) in [6, 6.07) is 7.95. The van der Waals surface area contributed by atoms with E-state index in [1.807, 2.05) is 0 Å². The van der Waals surface area contributed by atoms with Gasteiger partial charge in [0, 0.05) is 5.56 Å². The van der Waals surface area contributed by atoms with Gasteiger partial charge in [0.25, 0.3) is 0 Å². The minimum absolute atomic E-state index is 0.187. The first kappa shape index (κ1) is 13.6. The molecule has 7 heteroatoms. The first-order chi connectivity index (χ1) is 10.6. The first-order valence-corrected chi connectivity index (χ1v) is 7.36. The molecular formula is C15H12ClFN4O. The molecule has 3 aromatic rings. The van der Waals surface area contributed by atoms with Crippen LogP contribution < -0.4 is 0 Å². The molecule has 1 fully saturated rings. The molecule has 1 saturated carbocycles. The van der Waals surface area contributed by atoms with Gasteiger partial charge in [0.15, 0.2) is 16.6 Å². The lowest BCUT2D eigenvalue weighted by atomic mass is 9.76. The Hall–Kier alpha value is -2.05. The molecule has 22 heavy (non-hydrogen) atoms. The summed E-state index contributed by atoms with van der Waals surface area (Å²) in [7, 11) is 0. The third kappa shape index (κ3) is 1.91. The highest BCUT2D eigenvalue weighted by Crippen LogP contribution is 2.43. The summed E-state index contributed by atoms with van der Waals surface area (Å²) in [5.41, 5.74) is 0.350. The van der Waals surface area contributed by atoms with Crippen LogP contribution in [-0.2, 0) is 5.60 Å². The summed E-state index contributed by atoms with van der Waals surface area (Å²) in [4.78, 5) is 0. The number of benzene rings is 1. The number of hydrogen-bond donors (Lipinski definition) is 1. The van der Waals surface area contributed by atoms with Crippen molar-refractivity contribution >= 4 is 17.2 Å². The molecule has 1 aliphatic rings. The lowest BCUT2D eigenvalue weighted by Crippen LogP contribution is -2.34. The van der Waals surface area contributed by atoms with Crippen molar-refractivity contribution in [3.8, 4) is 11.4 Å². The second-order valence-corrected chi connectivity index (χ2v) is 5.87. The minimum atomic E-state index is -0.935. The van der Waals surface area contributed by atoms with Crippen LogP contribution in [0.1, 0.15) is 24.8 Å². The molecule has 1 aromatic carbocycles. The molecule has 0 spiro atoms. The zero-order valence-corrected chi connectivity index (χ0v) is 12.3. The van der Waals surface area contributed by atoms with Crippen LogP contribution >= 0.6 is 11.6 Å². The van der Waals surface area contributed by atoms with Crippen LogP contribution in [-0.4, -0.2) is 24.9 Å². The number of rotatable bonds is 2. The van der Waals surface area contributed by atoms with Crippen molar-refractivity contribution in [3.05, 3.63) is 46.9 Å². The van der Waals surface area contributed by atoms with Gasteiger partial charge in [-0.2, -0.15) is 9.61 Å². The van der Waals surface area contributed by atoms with Crippen LogP contribution in [0.3, 0.4) is 0 Å². The van der Waals surface area contributed by atoms with Gasteiger partial charge in [0.05, 0.1) is 11.2 Å². The quantitative estimate of drug-likeness (QED) is 0.789. The second-order valence-electron chi connectivity index (χ2n) is 5.51. The molecule has 2 aromatic heterocycles. The van der Waals surface area contributed by atoms with Crippen molar-refractivity contribution in [1.82, 2.24) is 19.8 Å². The van der Waals surface area contributed by atoms with E-state index in [0.29, 0.717) is 29.6 Å². The summed E-state index contributed by atoms with van der Waals surface area (Å²) in [6.45, 7) is 0. The van der Waals surface area contributed by atoms with Crippen molar-refractivity contribution in [2.75, 3.05) is 0 Å². The van der Waals surface area contributed by atoms with E-state index in [2.05, 4.69) is 15.3 Å². The summed E-state index contributed by atoms with van der Waals surface area (Å²) in [5.74, 6) is -0.126. The Bertz CT molecular complexity index is 875. The maximum Gasteiger partial charge on any atom is 0.188 e. The molecule has 0 unspecified atom stereocenters. The Morgan fingerprint density at radius 1 is 1.23 bits per heavy atom. The highest BCUT2D eigenvalue weighted by atomic mass is 35.5. The predicted molar refractivity (Wildman–Crippen MR) is 78.9 cm³/mol. The van der Waals surface area contributed by atoms with Gasteiger partial charge in [0.1, 0.15) is 5.82 Å². The topological polar surface area (TPSA) is 63.3 Å². The van der Waals surface area contributed by atoms with Crippen LogP contribution in [0, 0.1) is 5.82 Å². The average molecular weight is 319 g/mol. The molecule has 5 nitrogen and oxygen atoms in total. The SMILES string of the molecule is OC1(c2cc3nnc(-c4ccccc4F)n3nc2Cl)CCC1. The van der Waals surface area contributed by atoms with Crippen molar-refractivity contribution in [2.45, 2.75) is 24.9 Å². The second kappa shape index (κ2) is 4.72. The van der Waals surface area contributed by atoms with Gasteiger partial charge in [-0.1, -0.05) is 23.7 Å². The maximum absolute atomic E-state index is 13.9. The van der Waals surface area contributed by atoms with E-state index in [4.69, 9.17) is 11.6 Å². The molecule has 0 aliphatic heterocycles. The van der Waals surface area contributed by atoms with Crippen LogP contribution in [0.15, 0.2) is 30.3 Å². The number of nitrogens with zero attached hydrogens (tertiary/aromatic N) is 4. The van der Waals surface area contributed by atoms with Gasteiger partial charge in [-0.25, -0.2) is 4.39 Å². The van der Waals surface area contributed by atoms with E-state index in [-0.39, 0.29) is 11.0 Å². The van der Waals surface area contributed by atoms with E-state index < -0.39 is 11.4 Å². The predicted octanol–water partition coefficient (Wildman–Crippen LogP) is 2.96. The molecular weight excluding hydrogens is 307 g/mol. The zero-order valence-electron chi connectivity index (χ0n) is 11.5. The molecule has 0 atom stereocenters. The molecule has 0 amide bonds. The number of hydrogen-bond acceptors (Lipinski definition) is 4. The largest absolute Gasteiger partial charge is 0.385 e. The fourth-order valence-corrected chi connectivity index (χ4v) is 3.03. The van der Waals surface area contributed by atoms with Crippen LogP contribution in [0.4, 0.5) is 4.39 Å². The monoisotopic (exact) mass is 318 g/mol. The molecule has 0 saturated heterocycles. The normalized spacial score (nSPS) is 16.7. The van der Waals surface area contributed by atoms with Crippen molar-refractivity contribution in [2.24, 2.45) is 0 Å². The molecule has 1 aliphatic carbocycles.